The third-order valence-corrected chi connectivity index (χ3v) is 6.67. The van der Waals surface area contributed by atoms with Crippen LogP contribution < -0.4 is 21.1 Å². The summed E-state index contributed by atoms with van der Waals surface area (Å²) in [5, 5.41) is 6.58. The predicted octanol–water partition coefficient (Wildman–Crippen LogP) is 4.74. The molecule has 37 heavy (non-hydrogen) atoms. The van der Waals surface area contributed by atoms with Gasteiger partial charge in [-0.1, -0.05) is 42.3 Å². The molecule has 3 rings (SSSR count). The Hall–Kier alpha value is -2.46. The lowest BCUT2D eigenvalue weighted by Crippen LogP contribution is -2.54. The number of methoxy groups -OCH3 is 1. The zero-order valence-electron chi connectivity index (χ0n) is 21.3. The van der Waals surface area contributed by atoms with E-state index in [2.05, 4.69) is 23.3 Å². The van der Waals surface area contributed by atoms with Crippen LogP contribution in [0.3, 0.4) is 0 Å². The number of primary amides is 1. The van der Waals surface area contributed by atoms with Crippen LogP contribution in [0, 0.1) is 17.0 Å². The van der Waals surface area contributed by atoms with Gasteiger partial charge in [-0.2, -0.15) is 0 Å². The highest BCUT2D eigenvalue weighted by Gasteiger charge is 2.48. The van der Waals surface area contributed by atoms with Gasteiger partial charge in [-0.15, -0.1) is 0 Å². The highest BCUT2D eigenvalue weighted by Crippen LogP contribution is 2.46. The van der Waals surface area contributed by atoms with Crippen molar-refractivity contribution in [1.29, 1.82) is 0 Å². The van der Waals surface area contributed by atoms with Crippen LogP contribution >= 0.6 is 23.2 Å². The van der Waals surface area contributed by atoms with Crippen molar-refractivity contribution in [2.45, 2.75) is 38.1 Å². The molecule has 2 aromatic carbocycles. The van der Waals surface area contributed by atoms with E-state index in [0.29, 0.717) is 18.9 Å². The Morgan fingerprint density at radius 2 is 1.78 bits per heavy atom. The molecule has 2 amide bonds. The first kappa shape index (κ1) is 32.6. The van der Waals surface area contributed by atoms with Crippen molar-refractivity contribution >= 4 is 35.5 Å². The lowest BCUT2D eigenvalue weighted by molar-refractivity contribution is -0.126. The number of rotatable bonds is 9. The minimum Gasteiger partial charge on any atom is -0.493 e. The van der Waals surface area contributed by atoms with Gasteiger partial charge >= 0.3 is 0 Å². The first-order valence-corrected chi connectivity index (χ1v) is 12.4. The third-order valence-electron chi connectivity index (χ3n) is 6.05. The standard InChI is InChI=1S/C19H28ClFN2O3.C6H4ClF.CH3NO/c1-4-18(13-26-14-5-6-15(20)16(21)9-14)7-8-19(11-18,12-22-2)23-17(24)10-25-3;7-5-3-1-2-4-6(5)8;2-1-3/h5-6,9,22H,4,7-8,10-13H2,1-3H3,(H,23,24);1-4H;1H,(H2,2,3). The SMILES string of the molecule is CCC1(COc2ccc(Cl)c(F)c2)CCC(CNC)(NC(=O)COC)C1.Fc1ccccc1Cl.NC=O. The summed E-state index contributed by atoms with van der Waals surface area (Å²) in [6.07, 6.45) is 3.74. The summed E-state index contributed by atoms with van der Waals surface area (Å²) in [4.78, 5) is 20.7. The Kier molecular flexibility index (Phi) is 14.4. The molecule has 0 saturated heterocycles. The maximum atomic E-state index is 13.6. The van der Waals surface area contributed by atoms with Gasteiger partial charge in [0.25, 0.3) is 0 Å². The molecule has 1 saturated carbocycles. The van der Waals surface area contributed by atoms with Crippen LogP contribution in [-0.4, -0.2) is 51.8 Å². The average Bonchev–Trinajstić information content (AvgIpc) is 3.21. The number of nitrogens with one attached hydrogen (secondary N) is 2. The zero-order chi connectivity index (χ0) is 27.9. The Bertz CT molecular complexity index is 981. The number of hydrogen-bond donors (Lipinski definition) is 3. The van der Waals surface area contributed by atoms with Crippen molar-refractivity contribution in [2.75, 3.05) is 33.9 Å². The Labute approximate surface area is 227 Å². The van der Waals surface area contributed by atoms with E-state index >= 15 is 0 Å². The number of carbonyl (C=O) groups excluding carboxylic acids is 2. The van der Waals surface area contributed by atoms with Crippen LogP contribution in [0.2, 0.25) is 10.0 Å². The molecule has 0 spiro atoms. The van der Waals surface area contributed by atoms with Gasteiger partial charge in [0.15, 0.2) is 0 Å². The van der Waals surface area contributed by atoms with Crippen molar-refractivity contribution in [1.82, 2.24) is 10.6 Å². The van der Waals surface area contributed by atoms with Crippen LogP contribution in [0.15, 0.2) is 42.5 Å². The fourth-order valence-electron chi connectivity index (χ4n) is 4.27. The number of ether oxygens (including phenoxy) is 2. The summed E-state index contributed by atoms with van der Waals surface area (Å²) < 4.78 is 36.6. The fourth-order valence-corrected chi connectivity index (χ4v) is 4.52. The summed E-state index contributed by atoms with van der Waals surface area (Å²) >= 11 is 11.1. The monoisotopic (exact) mass is 561 g/mol. The van der Waals surface area contributed by atoms with E-state index in [4.69, 9.17) is 37.5 Å². The number of nitrogens with two attached hydrogens (primary N) is 1. The molecule has 1 fully saturated rings. The molecule has 0 aliphatic heterocycles. The van der Waals surface area contributed by atoms with E-state index in [0.717, 1.165) is 25.7 Å². The molecule has 2 atom stereocenters. The molecule has 0 bridgehead atoms. The van der Waals surface area contributed by atoms with Crippen LogP contribution in [0.25, 0.3) is 0 Å². The van der Waals surface area contributed by atoms with Crippen molar-refractivity contribution in [3.8, 4) is 5.75 Å². The van der Waals surface area contributed by atoms with Crippen LogP contribution in [-0.2, 0) is 14.3 Å². The molecule has 1 aliphatic carbocycles. The van der Waals surface area contributed by atoms with Gasteiger partial charge in [0.05, 0.1) is 22.2 Å². The highest BCUT2D eigenvalue weighted by molar-refractivity contribution is 6.31. The third kappa shape index (κ3) is 10.8. The fraction of sp³-hybridized carbons (Fsp3) is 0.462. The van der Waals surface area contributed by atoms with Gasteiger partial charge in [-0.3, -0.25) is 9.59 Å². The van der Waals surface area contributed by atoms with Gasteiger partial charge in [0.2, 0.25) is 12.3 Å². The molecule has 11 heteroatoms. The van der Waals surface area contributed by atoms with Crippen molar-refractivity contribution in [3.63, 3.8) is 0 Å². The molecule has 2 aromatic rings. The number of carbonyl (C=O) groups is 2. The second-order valence-electron chi connectivity index (χ2n) is 8.74. The minimum atomic E-state index is -0.488. The maximum Gasteiger partial charge on any atom is 0.246 e. The number of hydrogen-bond acceptors (Lipinski definition) is 5. The van der Waals surface area contributed by atoms with Gasteiger partial charge < -0.3 is 25.8 Å². The molecule has 0 radical (unpaired) electrons. The van der Waals surface area contributed by atoms with E-state index in [9.17, 15) is 13.6 Å². The summed E-state index contributed by atoms with van der Waals surface area (Å²) in [5.41, 5.74) is 3.77. The summed E-state index contributed by atoms with van der Waals surface area (Å²) in [6, 6.07) is 10.6. The van der Waals surface area contributed by atoms with Crippen LogP contribution in [0.5, 0.6) is 5.75 Å². The molecule has 1 aliphatic rings. The lowest BCUT2D eigenvalue weighted by Gasteiger charge is -2.34. The van der Waals surface area contributed by atoms with Crippen LogP contribution in [0.4, 0.5) is 8.78 Å². The predicted molar refractivity (Wildman–Crippen MR) is 142 cm³/mol. The van der Waals surface area contributed by atoms with E-state index in [1.807, 2.05) is 7.05 Å². The molecule has 0 aromatic heterocycles. The second-order valence-corrected chi connectivity index (χ2v) is 9.55. The van der Waals surface area contributed by atoms with Gasteiger partial charge in [0.1, 0.15) is 24.0 Å². The molecule has 206 valence electrons. The molecular formula is C26H35Cl2F2N3O4. The first-order chi connectivity index (χ1) is 17.6. The second kappa shape index (κ2) is 16.4. The zero-order valence-corrected chi connectivity index (χ0v) is 22.8. The summed E-state index contributed by atoms with van der Waals surface area (Å²) in [5.74, 6) is -0.503. The molecular weight excluding hydrogens is 527 g/mol. The lowest BCUT2D eigenvalue weighted by atomic mass is 9.81. The van der Waals surface area contributed by atoms with Gasteiger partial charge in [-0.25, -0.2) is 8.78 Å². The molecule has 4 N–H and O–H groups in total. The largest absolute Gasteiger partial charge is 0.493 e. The Morgan fingerprint density at radius 1 is 1.14 bits per heavy atom. The van der Waals surface area contributed by atoms with E-state index in [1.54, 1.807) is 18.2 Å². The number of halogens is 4. The van der Waals surface area contributed by atoms with Crippen molar-refractivity contribution in [3.05, 3.63) is 64.1 Å². The minimum absolute atomic E-state index is 0.0468. The Balaban J connectivity index is 0.000000516. The molecule has 7 nitrogen and oxygen atoms in total. The average molecular weight is 562 g/mol. The topological polar surface area (TPSA) is 103 Å². The highest BCUT2D eigenvalue weighted by atomic mass is 35.5. The Morgan fingerprint density at radius 3 is 2.30 bits per heavy atom. The van der Waals surface area contributed by atoms with Crippen molar-refractivity contribution in [2.24, 2.45) is 11.1 Å². The normalized spacial score (nSPS) is 20.1. The van der Waals surface area contributed by atoms with Crippen LogP contribution in [0.1, 0.15) is 32.6 Å². The van der Waals surface area contributed by atoms with Gasteiger partial charge in [-0.05, 0) is 57.0 Å². The van der Waals surface area contributed by atoms with E-state index in [1.165, 1.54) is 31.4 Å². The summed E-state index contributed by atoms with van der Waals surface area (Å²) in [7, 11) is 3.39. The van der Waals surface area contributed by atoms with E-state index in [-0.39, 0.29) is 45.7 Å². The van der Waals surface area contributed by atoms with E-state index < -0.39 is 5.82 Å². The maximum absolute atomic E-state index is 13.6. The quantitative estimate of drug-likeness (QED) is 0.384. The molecule has 2 unspecified atom stereocenters. The number of amides is 2. The van der Waals surface area contributed by atoms with Gasteiger partial charge in [0, 0.05) is 25.1 Å². The molecule has 0 heterocycles. The number of likely N-dealkylation sites (N-methyl/N-ethyl adjacent to an activating group) is 1. The summed E-state index contributed by atoms with van der Waals surface area (Å²) in [6.45, 7) is 3.32. The number of benzene rings is 2. The first-order valence-electron chi connectivity index (χ1n) is 11.7. The smallest absolute Gasteiger partial charge is 0.246 e. The van der Waals surface area contributed by atoms with Crippen molar-refractivity contribution < 1.29 is 27.8 Å².